The Morgan fingerprint density at radius 3 is 2.00 bits per heavy atom. The number of rotatable bonds is 3. The van der Waals surface area contributed by atoms with Gasteiger partial charge in [-0.25, -0.2) is 0 Å². The molecule has 0 aliphatic rings. The van der Waals surface area contributed by atoms with E-state index in [1.54, 1.807) is 0 Å². The van der Waals surface area contributed by atoms with Gasteiger partial charge in [-0.1, -0.05) is 59.2 Å². The van der Waals surface area contributed by atoms with Crippen molar-refractivity contribution in [1.82, 2.24) is 0 Å². The maximum absolute atomic E-state index is 11.8. The third-order valence-corrected chi connectivity index (χ3v) is 2.76. The van der Waals surface area contributed by atoms with Crippen LogP contribution in [0.4, 0.5) is 0 Å². The number of hydrogen-bond donors (Lipinski definition) is 0. The molecule has 0 aliphatic carbocycles. The number of carbonyl (C=O) groups is 1. The molecule has 0 bridgehead atoms. The molecule has 0 aliphatic heterocycles. The standard InChI is InChI=1S/C13H17ClO.C2H6/c1-8(2)10-5-6-11(12(14)7-10)13(15)9(3)4;1-2/h5-9H,1-4H3;1-2H3. The van der Waals surface area contributed by atoms with Crippen LogP contribution >= 0.6 is 11.6 Å². The molecular weight excluding hydrogens is 232 g/mol. The van der Waals surface area contributed by atoms with Crippen molar-refractivity contribution in [3.05, 3.63) is 34.3 Å². The molecule has 1 aromatic rings. The molecule has 0 saturated heterocycles. The minimum atomic E-state index is -0.00704. The molecule has 0 atom stereocenters. The third kappa shape index (κ3) is 4.51. The second kappa shape index (κ2) is 7.50. The summed E-state index contributed by atoms with van der Waals surface area (Å²) in [6, 6.07) is 5.70. The van der Waals surface area contributed by atoms with E-state index < -0.39 is 0 Å². The zero-order valence-electron chi connectivity index (χ0n) is 11.7. The monoisotopic (exact) mass is 254 g/mol. The van der Waals surface area contributed by atoms with Crippen molar-refractivity contribution < 1.29 is 4.79 Å². The molecule has 96 valence electrons. The van der Waals surface area contributed by atoms with Gasteiger partial charge in [0, 0.05) is 11.5 Å². The zero-order valence-corrected chi connectivity index (χ0v) is 12.4. The Morgan fingerprint density at radius 2 is 1.65 bits per heavy atom. The Bertz CT molecular complexity index is 367. The lowest BCUT2D eigenvalue weighted by Gasteiger charge is -2.10. The molecular formula is C15H23ClO. The van der Waals surface area contributed by atoms with E-state index in [0.29, 0.717) is 16.5 Å². The molecule has 0 aromatic heterocycles. The van der Waals surface area contributed by atoms with E-state index in [2.05, 4.69) is 13.8 Å². The van der Waals surface area contributed by atoms with Crippen molar-refractivity contribution in [2.75, 3.05) is 0 Å². The van der Waals surface area contributed by atoms with E-state index in [1.807, 2.05) is 45.9 Å². The van der Waals surface area contributed by atoms with Gasteiger partial charge in [0.1, 0.15) is 0 Å². The topological polar surface area (TPSA) is 17.1 Å². The molecule has 0 heterocycles. The van der Waals surface area contributed by atoms with Crippen LogP contribution in [0.3, 0.4) is 0 Å². The summed E-state index contributed by atoms with van der Waals surface area (Å²) in [6.07, 6.45) is 0. The van der Waals surface area contributed by atoms with Gasteiger partial charge in [0.25, 0.3) is 0 Å². The highest BCUT2D eigenvalue weighted by Crippen LogP contribution is 2.24. The van der Waals surface area contributed by atoms with Gasteiger partial charge >= 0.3 is 0 Å². The summed E-state index contributed by atoms with van der Waals surface area (Å²) in [7, 11) is 0. The number of carbonyl (C=O) groups excluding carboxylic acids is 1. The van der Waals surface area contributed by atoms with Crippen LogP contribution in [0.2, 0.25) is 5.02 Å². The van der Waals surface area contributed by atoms with Gasteiger partial charge in [0.05, 0.1) is 5.02 Å². The van der Waals surface area contributed by atoms with Gasteiger partial charge in [-0.3, -0.25) is 4.79 Å². The van der Waals surface area contributed by atoms with Crippen LogP contribution < -0.4 is 0 Å². The van der Waals surface area contributed by atoms with Crippen LogP contribution in [-0.2, 0) is 0 Å². The Balaban J connectivity index is 0.00000121. The predicted octanol–water partition coefficient (Wildman–Crippen LogP) is 5.33. The first-order valence-electron chi connectivity index (χ1n) is 6.27. The van der Waals surface area contributed by atoms with E-state index in [1.165, 1.54) is 5.56 Å². The lowest BCUT2D eigenvalue weighted by molar-refractivity contribution is 0.0939. The van der Waals surface area contributed by atoms with Gasteiger partial charge < -0.3 is 0 Å². The first kappa shape index (κ1) is 16.2. The molecule has 0 radical (unpaired) electrons. The van der Waals surface area contributed by atoms with Crippen LogP contribution in [-0.4, -0.2) is 5.78 Å². The predicted molar refractivity (Wildman–Crippen MR) is 76.1 cm³/mol. The summed E-state index contributed by atoms with van der Waals surface area (Å²) in [5.74, 6) is 0.536. The number of benzene rings is 1. The Hall–Kier alpha value is -0.820. The van der Waals surface area contributed by atoms with Crippen LogP contribution in [0, 0.1) is 5.92 Å². The van der Waals surface area contributed by atoms with Gasteiger partial charge in [0.2, 0.25) is 0 Å². The highest BCUT2D eigenvalue weighted by molar-refractivity contribution is 6.34. The molecule has 0 spiro atoms. The maximum Gasteiger partial charge on any atom is 0.166 e. The first-order valence-corrected chi connectivity index (χ1v) is 6.65. The van der Waals surface area contributed by atoms with Gasteiger partial charge in [-0.2, -0.15) is 0 Å². The average molecular weight is 255 g/mol. The minimum absolute atomic E-state index is 0.00704. The van der Waals surface area contributed by atoms with E-state index in [-0.39, 0.29) is 11.7 Å². The summed E-state index contributed by atoms with van der Waals surface area (Å²) in [5.41, 5.74) is 1.80. The number of hydrogen-bond acceptors (Lipinski definition) is 1. The molecule has 0 fully saturated rings. The lowest BCUT2D eigenvalue weighted by atomic mass is 9.97. The molecule has 0 N–H and O–H groups in total. The van der Waals surface area contributed by atoms with E-state index >= 15 is 0 Å². The Morgan fingerprint density at radius 1 is 1.12 bits per heavy atom. The number of Topliss-reactive ketones (excluding diaryl/α,β-unsaturated/α-hetero) is 1. The number of halogens is 1. The highest BCUT2D eigenvalue weighted by atomic mass is 35.5. The van der Waals surface area contributed by atoms with Crippen molar-refractivity contribution in [3.63, 3.8) is 0 Å². The SMILES string of the molecule is CC.CC(C)C(=O)c1ccc(C(C)C)cc1Cl. The van der Waals surface area contributed by atoms with Gasteiger partial charge in [-0.05, 0) is 23.6 Å². The van der Waals surface area contributed by atoms with Crippen LogP contribution in [0.5, 0.6) is 0 Å². The summed E-state index contributed by atoms with van der Waals surface area (Å²) < 4.78 is 0. The minimum Gasteiger partial charge on any atom is -0.294 e. The molecule has 1 nitrogen and oxygen atoms in total. The van der Waals surface area contributed by atoms with Crippen LogP contribution in [0.25, 0.3) is 0 Å². The normalized spacial score (nSPS) is 10.2. The maximum atomic E-state index is 11.8. The van der Waals surface area contributed by atoms with E-state index in [9.17, 15) is 4.79 Å². The van der Waals surface area contributed by atoms with Gasteiger partial charge in [-0.15, -0.1) is 0 Å². The smallest absolute Gasteiger partial charge is 0.166 e. The third-order valence-electron chi connectivity index (χ3n) is 2.45. The number of ketones is 1. The van der Waals surface area contributed by atoms with Crippen molar-refractivity contribution in [3.8, 4) is 0 Å². The van der Waals surface area contributed by atoms with E-state index in [0.717, 1.165) is 0 Å². The quantitative estimate of drug-likeness (QED) is 0.667. The molecule has 2 heteroatoms. The summed E-state index contributed by atoms with van der Waals surface area (Å²) in [6.45, 7) is 12.0. The highest BCUT2D eigenvalue weighted by Gasteiger charge is 2.14. The first-order chi connectivity index (χ1) is 7.93. The van der Waals surface area contributed by atoms with Crippen molar-refractivity contribution >= 4 is 17.4 Å². The Labute approximate surface area is 110 Å². The second-order valence-corrected chi connectivity index (χ2v) is 4.82. The van der Waals surface area contributed by atoms with E-state index in [4.69, 9.17) is 11.6 Å². The molecule has 1 rings (SSSR count). The summed E-state index contributed by atoms with van der Waals surface area (Å²) in [5, 5.41) is 0.569. The van der Waals surface area contributed by atoms with Gasteiger partial charge in [0.15, 0.2) is 5.78 Å². The molecule has 17 heavy (non-hydrogen) atoms. The molecule has 0 amide bonds. The molecule has 0 saturated carbocycles. The second-order valence-electron chi connectivity index (χ2n) is 4.41. The fourth-order valence-electron chi connectivity index (χ4n) is 1.40. The average Bonchev–Trinajstić information content (AvgIpc) is 2.30. The molecule has 1 aromatic carbocycles. The zero-order chi connectivity index (χ0) is 13.6. The van der Waals surface area contributed by atoms with Crippen molar-refractivity contribution in [2.45, 2.75) is 47.5 Å². The fraction of sp³-hybridized carbons (Fsp3) is 0.533. The van der Waals surface area contributed by atoms with Crippen LogP contribution in [0.1, 0.15) is 63.4 Å². The van der Waals surface area contributed by atoms with Crippen molar-refractivity contribution in [2.24, 2.45) is 5.92 Å². The fourth-order valence-corrected chi connectivity index (χ4v) is 1.68. The molecule has 0 unspecified atom stereocenters. The summed E-state index contributed by atoms with van der Waals surface area (Å²) >= 11 is 6.09. The summed E-state index contributed by atoms with van der Waals surface area (Å²) in [4.78, 5) is 11.8. The Kier molecular flexibility index (Phi) is 7.13. The lowest BCUT2D eigenvalue weighted by Crippen LogP contribution is -2.08. The van der Waals surface area contributed by atoms with Crippen LogP contribution in [0.15, 0.2) is 18.2 Å². The van der Waals surface area contributed by atoms with Crippen molar-refractivity contribution in [1.29, 1.82) is 0 Å². The largest absolute Gasteiger partial charge is 0.294 e.